The fourth-order valence-electron chi connectivity index (χ4n) is 1.99. The topological polar surface area (TPSA) is 15.3 Å². The summed E-state index contributed by atoms with van der Waals surface area (Å²) in [6, 6.07) is 10.9. The van der Waals surface area contributed by atoms with Crippen molar-refractivity contribution in [2.75, 3.05) is 19.6 Å². The molecule has 0 aromatic heterocycles. The largest absolute Gasteiger partial charge is 0.370 e. The van der Waals surface area contributed by atoms with Gasteiger partial charge in [0, 0.05) is 24.8 Å². The molecule has 0 fully saturated rings. The Balaban J connectivity index is 2.65. The first-order valence-corrected chi connectivity index (χ1v) is 6.41. The van der Waals surface area contributed by atoms with Gasteiger partial charge in [-0.05, 0) is 26.0 Å². The van der Waals surface area contributed by atoms with E-state index in [1.165, 1.54) is 5.56 Å². The number of rotatable bonds is 7. The van der Waals surface area contributed by atoms with Crippen LogP contribution in [0.25, 0.3) is 5.70 Å². The molecule has 1 N–H and O–H groups in total. The summed E-state index contributed by atoms with van der Waals surface area (Å²) in [7, 11) is 0. The van der Waals surface area contributed by atoms with Gasteiger partial charge in [0.25, 0.3) is 0 Å². The maximum absolute atomic E-state index is 4.21. The van der Waals surface area contributed by atoms with E-state index in [4.69, 9.17) is 0 Å². The molecule has 0 spiro atoms. The number of likely N-dealkylation sites (N-methyl/N-ethyl adjacent to an activating group) is 2. The lowest BCUT2D eigenvalue weighted by Crippen LogP contribution is -2.38. The first kappa shape index (κ1) is 13.8. The molecule has 0 radical (unpaired) electrons. The normalized spacial score (nSPS) is 12.2. The van der Waals surface area contributed by atoms with E-state index in [0.717, 1.165) is 25.3 Å². The highest BCUT2D eigenvalue weighted by Gasteiger charge is 2.10. The summed E-state index contributed by atoms with van der Waals surface area (Å²) in [5.74, 6) is 0. The molecule has 2 nitrogen and oxygen atoms in total. The Morgan fingerprint density at radius 3 is 2.47 bits per heavy atom. The first-order chi connectivity index (χ1) is 8.19. The molecule has 0 saturated heterocycles. The molecule has 0 saturated carbocycles. The van der Waals surface area contributed by atoms with Crippen molar-refractivity contribution in [1.29, 1.82) is 0 Å². The molecule has 17 heavy (non-hydrogen) atoms. The van der Waals surface area contributed by atoms with Gasteiger partial charge in [0.15, 0.2) is 0 Å². The lowest BCUT2D eigenvalue weighted by atomic mass is 10.1. The van der Waals surface area contributed by atoms with E-state index in [1.54, 1.807) is 0 Å². The summed E-state index contributed by atoms with van der Waals surface area (Å²) in [5.41, 5.74) is 2.32. The van der Waals surface area contributed by atoms with Crippen molar-refractivity contribution < 1.29 is 0 Å². The van der Waals surface area contributed by atoms with Crippen LogP contribution in [0, 0.1) is 0 Å². The quantitative estimate of drug-likeness (QED) is 0.777. The van der Waals surface area contributed by atoms with E-state index in [2.05, 4.69) is 61.8 Å². The van der Waals surface area contributed by atoms with E-state index >= 15 is 0 Å². The number of hydrogen-bond donors (Lipinski definition) is 1. The Morgan fingerprint density at radius 2 is 1.94 bits per heavy atom. The highest BCUT2D eigenvalue weighted by molar-refractivity contribution is 5.61. The van der Waals surface area contributed by atoms with Gasteiger partial charge in [0.2, 0.25) is 0 Å². The molecule has 1 rings (SSSR count). The van der Waals surface area contributed by atoms with Crippen molar-refractivity contribution in [2.24, 2.45) is 0 Å². The molecule has 0 aliphatic carbocycles. The third-order valence-electron chi connectivity index (χ3n) is 2.92. The molecule has 1 atom stereocenters. The molecule has 94 valence electrons. The minimum atomic E-state index is 0.486. The minimum Gasteiger partial charge on any atom is -0.370 e. The van der Waals surface area contributed by atoms with Crippen LogP contribution in [0.3, 0.4) is 0 Å². The fraction of sp³-hybridized carbons (Fsp3) is 0.467. The van der Waals surface area contributed by atoms with Crippen molar-refractivity contribution in [3.8, 4) is 0 Å². The molecule has 0 aliphatic rings. The van der Waals surface area contributed by atoms with Crippen LogP contribution in [-0.4, -0.2) is 30.6 Å². The van der Waals surface area contributed by atoms with E-state index in [1.807, 2.05) is 6.07 Å². The lowest BCUT2D eigenvalue weighted by molar-refractivity contribution is 0.363. The van der Waals surface area contributed by atoms with Crippen LogP contribution in [0.1, 0.15) is 26.3 Å². The second kappa shape index (κ2) is 7.13. The van der Waals surface area contributed by atoms with Gasteiger partial charge in [-0.15, -0.1) is 0 Å². The van der Waals surface area contributed by atoms with Crippen molar-refractivity contribution in [3.05, 3.63) is 42.5 Å². The zero-order valence-corrected chi connectivity index (χ0v) is 11.2. The van der Waals surface area contributed by atoms with Gasteiger partial charge in [-0.3, -0.25) is 0 Å². The van der Waals surface area contributed by atoms with Crippen molar-refractivity contribution in [2.45, 2.75) is 26.8 Å². The standard InChI is InChI=1S/C15H24N2/c1-5-16-13(3)12-17(6-2)14(4)15-10-8-7-9-11-15/h7-11,13,16H,4-6,12H2,1-3H3/t13-/m0/s1. The van der Waals surface area contributed by atoms with E-state index < -0.39 is 0 Å². The monoisotopic (exact) mass is 232 g/mol. The van der Waals surface area contributed by atoms with Gasteiger partial charge < -0.3 is 10.2 Å². The molecule has 0 amide bonds. The predicted molar refractivity (Wildman–Crippen MR) is 75.9 cm³/mol. The van der Waals surface area contributed by atoms with E-state index in [9.17, 15) is 0 Å². The van der Waals surface area contributed by atoms with Gasteiger partial charge in [-0.25, -0.2) is 0 Å². The number of nitrogens with zero attached hydrogens (tertiary/aromatic N) is 1. The molecule has 0 unspecified atom stereocenters. The lowest BCUT2D eigenvalue weighted by Gasteiger charge is -2.28. The molecular weight excluding hydrogens is 208 g/mol. The summed E-state index contributed by atoms with van der Waals surface area (Å²) < 4.78 is 0. The van der Waals surface area contributed by atoms with Gasteiger partial charge >= 0.3 is 0 Å². The Labute approximate surface area is 105 Å². The molecule has 2 heteroatoms. The van der Waals surface area contributed by atoms with Crippen LogP contribution in [-0.2, 0) is 0 Å². The van der Waals surface area contributed by atoms with Crippen LogP contribution >= 0.6 is 0 Å². The number of nitrogens with one attached hydrogen (secondary N) is 1. The van der Waals surface area contributed by atoms with Crippen LogP contribution < -0.4 is 5.32 Å². The van der Waals surface area contributed by atoms with Crippen molar-refractivity contribution in [1.82, 2.24) is 10.2 Å². The van der Waals surface area contributed by atoms with E-state index in [-0.39, 0.29) is 0 Å². The SMILES string of the molecule is C=C(c1ccccc1)N(CC)C[C@H](C)NCC. The van der Waals surface area contributed by atoms with Crippen LogP contribution in [0.15, 0.2) is 36.9 Å². The minimum absolute atomic E-state index is 0.486. The van der Waals surface area contributed by atoms with Gasteiger partial charge in [-0.1, -0.05) is 43.8 Å². The van der Waals surface area contributed by atoms with E-state index in [0.29, 0.717) is 6.04 Å². The summed E-state index contributed by atoms with van der Waals surface area (Å²) >= 11 is 0. The van der Waals surface area contributed by atoms with Crippen LogP contribution in [0.4, 0.5) is 0 Å². The van der Waals surface area contributed by atoms with Gasteiger partial charge in [0.1, 0.15) is 0 Å². The zero-order chi connectivity index (χ0) is 12.7. The second-order valence-corrected chi connectivity index (χ2v) is 4.31. The highest BCUT2D eigenvalue weighted by Crippen LogP contribution is 2.16. The third kappa shape index (κ3) is 4.23. The Bertz CT molecular complexity index is 332. The predicted octanol–water partition coefficient (Wildman–Crippen LogP) is 2.98. The van der Waals surface area contributed by atoms with Crippen LogP contribution in [0.5, 0.6) is 0 Å². The highest BCUT2D eigenvalue weighted by atomic mass is 15.2. The van der Waals surface area contributed by atoms with Gasteiger partial charge in [0.05, 0.1) is 0 Å². The summed E-state index contributed by atoms with van der Waals surface area (Å²) in [5, 5.41) is 3.43. The van der Waals surface area contributed by atoms with Crippen molar-refractivity contribution in [3.63, 3.8) is 0 Å². The average molecular weight is 232 g/mol. The summed E-state index contributed by atoms with van der Waals surface area (Å²) in [4.78, 5) is 2.32. The molecule has 1 aromatic carbocycles. The Morgan fingerprint density at radius 1 is 1.29 bits per heavy atom. The summed E-state index contributed by atoms with van der Waals surface area (Å²) in [6.45, 7) is 13.7. The molecule has 0 bridgehead atoms. The fourth-order valence-corrected chi connectivity index (χ4v) is 1.99. The molecule has 0 heterocycles. The van der Waals surface area contributed by atoms with Gasteiger partial charge in [-0.2, -0.15) is 0 Å². The van der Waals surface area contributed by atoms with Crippen LogP contribution in [0.2, 0.25) is 0 Å². The maximum atomic E-state index is 4.21. The number of hydrogen-bond acceptors (Lipinski definition) is 2. The number of benzene rings is 1. The molecular formula is C15H24N2. The average Bonchev–Trinajstić information content (AvgIpc) is 2.36. The first-order valence-electron chi connectivity index (χ1n) is 6.41. The Kier molecular flexibility index (Phi) is 5.78. The third-order valence-corrected chi connectivity index (χ3v) is 2.92. The molecule has 0 aliphatic heterocycles. The maximum Gasteiger partial charge on any atom is 0.0367 e. The Hall–Kier alpha value is -1.28. The van der Waals surface area contributed by atoms with Crippen molar-refractivity contribution >= 4 is 5.70 Å². The summed E-state index contributed by atoms with van der Waals surface area (Å²) in [6.07, 6.45) is 0. The molecule has 1 aromatic rings. The smallest absolute Gasteiger partial charge is 0.0367 e. The second-order valence-electron chi connectivity index (χ2n) is 4.31. The zero-order valence-electron chi connectivity index (χ0n) is 11.2.